The molecule has 1 aliphatic heterocycles. The lowest BCUT2D eigenvalue weighted by atomic mass is 10.0. The smallest absolute Gasteiger partial charge is 0.255 e. The normalized spacial score (nSPS) is 13.2. The van der Waals surface area contributed by atoms with Crippen molar-refractivity contribution in [3.8, 4) is 11.6 Å². The van der Waals surface area contributed by atoms with E-state index in [9.17, 15) is 4.39 Å². The van der Waals surface area contributed by atoms with Gasteiger partial charge in [0.15, 0.2) is 0 Å². The minimum absolute atomic E-state index is 0.0636. The van der Waals surface area contributed by atoms with Gasteiger partial charge in [0.1, 0.15) is 5.75 Å². The number of benzene rings is 1. The van der Waals surface area contributed by atoms with Crippen LogP contribution in [0.25, 0.3) is 0 Å². The Morgan fingerprint density at radius 2 is 2.33 bits per heavy atom. The lowest BCUT2D eigenvalue weighted by Crippen LogP contribution is -2.10. The number of nitrogens with one attached hydrogen (secondary N) is 1. The van der Waals surface area contributed by atoms with Crippen molar-refractivity contribution < 1.29 is 13.9 Å². The summed E-state index contributed by atoms with van der Waals surface area (Å²) in [6.45, 7) is 1.34. The van der Waals surface area contributed by atoms with Crippen LogP contribution in [-0.2, 0) is 13.0 Å². The van der Waals surface area contributed by atoms with Crippen LogP contribution in [0.5, 0.6) is 11.6 Å². The van der Waals surface area contributed by atoms with Gasteiger partial charge in [-0.15, -0.1) is 0 Å². The van der Waals surface area contributed by atoms with E-state index in [4.69, 9.17) is 9.47 Å². The number of halogens is 1. The van der Waals surface area contributed by atoms with E-state index >= 15 is 0 Å². The first-order valence-electron chi connectivity index (χ1n) is 6.81. The summed E-state index contributed by atoms with van der Waals surface area (Å²) in [6, 6.07) is 6.10. The summed E-state index contributed by atoms with van der Waals surface area (Å²) in [7, 11) is 1.37. The lowest BCUT2D eigenvalue weighted by molar-refractivity contribution is 0.288. The molecule has 0 atom stereocenters. The van der Waals surface area contributed by atoms with Crippen molar-refractivity contribution >= 4 is 5.95 Å². The van der Waals surface area contributed by atoms with Gasteiger partial charge in [0.2, 0.25) is 11.8 Å². The molecule has 0 unspecified atom stereocenters. The predicted octanol–water partition coefficient (Wildman–Crippen LogP) is 2.56. The maximum atomic E-state index is 13.2. The topological polar surface area (TPSA) is 56.3 Å². The molecule has 0 saturated carbocycles. The molecule has 0 saturated heterocycles. The minimum Gasteiger partial charge on any atom is -0.493 e. The first-order valence-corrected chi connectivity index (χ1v) is 6.81. The zero-order chi connectivity index (χ0) is 14.7. The summed E-state index contributed by atoms with van der Waals surface area (Å²) in [6.07, 6.45) is 3.17. The average molecular weight is 289 g/mol. The Balaban J connectivity index is 1.70. The van der Waals surface area contributed by atoms with E-state index in [1.165, 1.54) is 12.7 Å². The molecule has 2 heterocycles. The Morgan fingerprint density at radius 3 is 3.19 bits per heavy atom. The van der Waals surface area contributed by atoms with Gasteiger partial charge in [0.25, 0.3) is 5.88 Å². The molecule has 3 rings (SSSR count). The third kappa shape index (κ3) is 3.04. The molecule has 21 heavy (non-hydrogen) atoms. The molecular formula is C15H16FN3O2. The second kappa shape index (κ2) is 5.95. The third-order valence-electron chi connectivity index (χ3n) is 3.33. The van der Waals surface area contributed by atoms with Crippen molar-refractivity contribution in [2.24, 2.45) is 0 Å². The highest BCUT2D eigenvalue weighted by Crippen LogP contribution is 2.25. The van der Waals surface area contributed by atoms with Crippen LogP contribution < -0.4 is 14.8 Å². The third-order valence-corrected chi connectivity index (χ3v) is 3.33. The van der Waals surface area contributed by atoms with Crippen molar-refractivity contribution in [3.05, 3.63) is 41.3 Å². The molecule has 1 N–H and O–H groups in total. The molecule has 0 bridgehead atoms. The van der Waals surface area contributed by atoms with Gasteiger partial charge in [0, 0.05) is 6.54 Å². The van der Waals surface area contributed by atoms with Crippen molar-refractivity contribution in [1.82, 2.24) is 9.97 Å². The monoisotopic (exact) mass is 289 g/mol. The van der Waals surface area contributed by atoms with E-state index in [-0.39, 0.29) is 5.88 Å². The Labute approximate surface area is 122 Å². The largest absolute Gasteiger partial charge is 0.493 e. The van der Waals surface area contributed by atoms with E-state index in [0.717, 1.165) is 37.0 Å². The van der Waals surface area contributed by atoms with E-state index in [1.807, 2.05) is 12.1 Å². The van der Waals surface area contributed by atoms with Crippen LogP contribution in [0.15, 0.2) is 24.4 Å². The van der Waals surface area contributed by atoms with E-state index < -0.39 is 5.82 Å². The number of hydrogen-bond acceptors (Lipinski definition) is 5. The second-order valence-corrected chi connectivity index (χ2v) is 4.80. The van der Waals surface area contributed by atoms with Crippen LogP contribution >= 0.6 is 0 Å². The fraction of sp³-hybridized carbons (Fsp3) is 0.333. The molecule has 2 aromatic rings. The molecule has 0 radical (unpaired) electrons. The van der Waals surface area contributed by atoms with E-state index in [2.05, 4.69) is 21.4 Å². The van der Waals surface area contributed by atoms with Gasteiger partial charge >= 0.3 is 0 Å². The molecule has 0 amide bonds. The first-order chi connectivity index (χ1) is 10.3. The number of nitrogens with zero attached hydrogens (tertiary/aromatic N) is 2. The summed E-state index contributed by atoms with van der Waals surface area (Å²) < 4.78 is 23.6. The molecular weight excluding hydrogens is 273 g/mol. The van der Waals surface area contributed by atoms with Crippen molar-refractivity contribution in [1.29, 1.82) is 0 Å². The number of aromatic nitrogens is 2. The highest BCUT2D eigenvalue weighted by Gasteiger charge is 2.11. The van der Waals surface area contributed by atoms with Gasteiger partial charge in [-0.05, 0) is 30.0 Å². The summed E-state index contributed by atoms with van der Waals surface area (Å²) in [5.74, 6) is 0.659. The van der Waals surface area contributed by atoms with Crippen LogP contribution in [0.4, 0.5) is 10.3 Å². The predicted molar refractivity (Wildman–Crippen MR) is 76.1 cm³/mol. The average Bonchev–Trinajstić information content (AvgIpc) is 2.54. The van der Waals surface area contributed by atoms with Crippen LogP contribution in [-0.4, -0.2) is 23.7 Å². The van der Waals surface area contributed by atoms with Gasteiger partial charge in [-0.1, -0.05) is 12.1 Å². The highest BCUT2D eigenvalue weighted by molar-refractivity contribution is 5.40. The summed E-state index contributed by atoms with van der Waals surface area (Å²) in [5.41, 5.74) is 2.32. The lowest BCUT2D eigenvalue weighted by Gasteiger charge is -2.18. The maximum Gasteiger partial charge on any atom is 0.255 e. The van der Waals surface area contributed by atoms with Crippen LogP contribution in [0.3, 0.4) is 0 Å². The van der Waals surface area contributed by atoms with Gasteiger partial charge in [-0.25, -0.2) is 4.98 Å². The molecule has 1 aromatic carbocycles. The zero-order valence-corrected chi connectivity index (χ0v) is 11.7. The fourth-order valence-corrected chi connectivity index (χ4v) is 2.28. The molecule has 1 aromatic heterocycles. The second-order valence-electron chi connectivity index (χ2n) is 4.80. The molecule has 0 aliphatic carbocycles. The number of rotatable bonds is 4. The Kier molecular flexibility index (Phi) is 3.85. The van der Waals surface area contributed by atoms with Crippen LogP contribution in [0, 0.1) is 5.82 Å². The number of fused-ring (bicyclic) bond motifs is 1. The summed E-state index contributed by atoms with van der Waals surface area (Å²) in [4.78, 5) is 7.84. The Bertz CT molecular complexity index is 649. The van der Waals surface area contributed by atoms with Crippen LogP contribution in [0.1, 0.15) is 17.5 Å². The molecule has 0 fully saturated rings. The van der Waals surface area contributed by atoms with E-state index in [1.54, 1.807) is 0 Å². The minimum atomic E-state index is -0.575. The number of ether oxygens (including phenoxy) is 2. The SMILES string of the molecule is COc1nc(NCc2ccc3c(c2)CCCO3)ncc1F. The Hall–Kier alpha value is -2.37. The number of anilines is 1. The van der Waals surface area contributed by atoms with Gasteiger partial charge in [0.05, 0.1) is 19.9 Å². The van der Waals surface area contributed by atoms with E-state index in [0.29, 0.717) is 12.5 Å². The number of methoxy groups -OCH3 is 1. The van der Waals surface area contributed by atoms with Crippen molar-refractivity contribution in [2.45, 2.75) is 19.4 Å². The highest BCUT2D eigenvalue weighted by atomic mass is 19.1. The summed E-state index contributed by atoms with van der Waals surface area (Å²) in [5, 5.41) is 3.06. The quantitative estimate of drug-likeness (QED) is 0.937. The Morgan fingerprint density at radius 1 is 1.43 bits per heavy atom. The summed E-state index contributed by atoms with van der Waals surface area (Å²) >= 11 is 0. The van der Waals surface area contributed by atoms with Gasteiger partial charge in [-0.3, -0.25) is 0 Å². The number of aryl methyl sites for hydroxylation is 1. The molecule has 110 valence electrons. The van der Waals surface area contributed by atoms with Crippen molar-refractivity contribution in [2.75, 3.05) is 19.0 Å². The molecule has 0 spiro atoms. The van der Waals surface area contributed by atoms with Gasteiger partial charge < -0.3 is 14.8 Å². The number of hydrogen-bond donors (Lipinski definition) is 1. The van der Waals surface area contributed by atoms with Gasteiger partial charge in [-0.2, -0.15) is 9.37 Å². The van der Waals surface area contributed by atoms with Crippen LogP contribution in [0.2, 0.25) is 0 Å². The molecule has 1 aliphatic rings. The molecule has 6 heteroatoms. The zero-order valence-electron chi connectivity index (χ0n) is 11.7. The molecule has 5 nitrogen and oxygen atoms in total. The maximum absolute atomic E-state index is 13.2. The standard InChI is InChI=1S/C15H16FN3O2/c1-20-14-12(16)9-18-15(19-14)17-8-10-4-5-13-11(7-10)3-2-6-21-13/h4-5,7,9H,2-3,6,8H2,1H3,(H,17,18,19). The first kappa shape index (κ1) is 13.6. The fourth-order valence-electron chi connectivity index (χ4n) is 2.28. The van der Waals surface area contributed by atoms with Crippen molar-refractivity contribution in [3.63, 3.8) is 0 Å².